The van der Waals surface area contributed by atoms with Crippen LogP contribution in [0.2, 0.25) is 0 Å². The van der Waals surface area contributed by atoms with Gasteiger partial charge in [0, 0.05) is 11.8 Å². The topological polar surface area (TPSA) is 38.7 Å². The predicted octanol–water partition coefficient (Wildman–Crippen LogP) is 2.39. The van der Waals surface area contributed by atoms with Gasteiger partial charge in [-0.1, -0.05) is 31.9 Å². The van der Waals surface area contributed by atoms with Gasteiger partial charge in [0.2, 0.25) is 0 Å². The van der Waals surface area contributed by atoms with Gasteiger partial charge >= 0.3 is 0 Å². The first kappa shape index (κ1) is 14.0. The minimum absolute atomic E-state index is 0.0170. The first-order valence-electron chi connectivity index (χ1n) is 6.93. The molecule has 2 aliphatic rings. The fourth-order valence-corrected chi connectivity index (χ4v) is 2.96. The lowest BCUT2D eigenvalue weighted by Crippen LogP contribution is -2.36. The molecule has 0 aromatic carbocycles. The van der Waals surface area contributed by atoms with Crippen LogP contribution in [-0.4, -0.2) is 30.0 Å². The van der Waals surface area contributed by atoms with Crippen molar-refractivity contribution in [2.24, 2.45) is 11.8 Å². The second-order valence-corrected chi connectivity index (χ2v) is 5.28. The zero-order valence-electron chi connectivity index (χ0n) is 11.0. The average molecular weight is 251 g/mol. The highest BCUT2D eigenvalue weighted by Crippen LogP contribution is 2.42. The van der Waals surface area contributed by atoms with Crippen molar-refractivity contribution in [3.05, 3.63) is 25.7 Å². The second kappa shape index (κ2) is 6.69. The van der Waals surface area contributed by atoms with Gasteiger partial charge in [-0.25, -0.2) is 0 Å². The van der Waals surface area contributed by atoms with Gasteiger partial charge < -0.3 is 14.6 Å². The highest BCUT2D eigenvalue weighted by atomic mass is 16.5. The summed E-state index contributed by atoms with van der Waals surface area (Å²) in [7, 11) is 0. The number of hydrogen-bond donors (Lipinski definition) is 1. The summed E-state index contributed by atoms with van der Waals surface area (Å²) in [4.78, 5) is 0. The van der Waals surface area contributed by atoms with Crippen LogP contribution < -0.4 is 0 Å². The van der Waals surface area contributed by atoms with Gasteiger partial charge in [-0.2, -0.15) is 0 Å². The molecule has 18 heavy (non-hydrogen) atoms. The Morgan fingerprint density at radius 2 is 2.11 bits per heavy atom. The monoisotopic (exact) mass is 251 g/mol. The SMILES string of the molecule is [CH][CH]OC1C2C=CC(C2)C1OCC(O)CCCC. The summed E-state index contributed by atoms with van der Waals surface area (Å²) in [5, 5.41) is 9.81. The van der Waals surface area contributed by atoms with Crippen molar-refractivity contribution in [1.82, 2.24) is 0 Å². The van der Waals surface area contributed by atoms with Gasteiger partial charge in [0.1, 0.15) is 0 Å². The van der Waals surface area contributed by atoms with E-state index in [1.165, 1.54) is 6.61 Å². The molecule has 1 N–H and O–H groups in total. The summed E-state index contributed by atoms with van der Waals surface area (Å²) in [6.07, 6.45) is 8.10. The standard InChI is InChI=1S/C15H23O3/c1-3-5-6-13(16)10-18-15-12-8-7-11(9-12)14(15)17-4-2/h2,4,7-8,11-16H,3,5-6,9-10H2,1H3. The molecule has 101 valence electrons. The molecule has 1 fully saturated rings. The van der Waals surface area contributed by atoms with Crippen LogP contribution in [0, 0.1) is 25.4 Å². The zero-order valence-corrected chi connectivity index (χ0v) is 11.0. The van der Waals surface area contributed by atoms with Gasteiger partial charge in [0.15, 0.2) is 0 Å². The van der Waals surface area contributed by atoms with E-state index in [2.05, 4.69) is 19.1 Å². The summed E-state index contributed by atoms with van der Waals surface area (Å²) < 4.78 is 11.3. The Morgan fingerprint density at radius 1 is 1.39 bits per heavy atom. The molecule has 0 aromatic rings. The lowest BCUT2D eigenvalue weighted by molar-refractivity contribution is -0.0810. The van der Waals surface area contributed by atoms with E-state index in [0.717, 1.165) is 25.7 Å². The van der Waals surface area contributed by atoms with E-state index in [4.69, 9.17) is 16.4 Å². The molecule has 3 radical (unpaired) electrons. The van der Waals surface area contributed by atoms with E-state index in [1.54, 1.807) is 0 Å². The highest BCUT2D eigenvalue weighted by molar-refractivity contribution is 5.16. The molecule has 1 saturated carbocycles. The van der Waals surface area contributed by atoms with E-state index in [0.29, 0.717) is 18.4 Å². The summed E-state index contributed by atoms with van der Waals surface area (Å²) in [5.74, 6) is 0.825. The third kappa shape index (κ3) is 3.14. The molecule has 0 amide bonds. The number of fused-ring (bicyclic) bond motifs is 2. The fourth-order valence-electron chi connectivity index (χ4n) is 2.96. The Bertz CT molecular complexity index is 277. The molecule has 0 spiro atoms. The Hall–Kier alpha value is -0.380. The van der Waals surface area contributed by atoms with Crippen LogP contribution in [0.4, 0.5) is 0 Å². The van der Waals surface area contributed by atoms with E-state index in [1.807, 2.05) is 0 Å². The average Bonchev–Trinajstić information content (AvgIpc) is 2.95. The van der Waals surface area contributed by atoms with Gasteiger partial charge in [-0.05, 0) is 19.8 Å². The van der Waals surface area contributed by atoms with Crippen molar-refractivity contribution in [2.75, 3.05) is 6.61 Å². The molecular weight excluding hydrogens is 228 g/mol. The smallest absolute Gasteiger partial charge is 0.0910 e. The van der Waals surface area contributed by atoms with Crippen LogP contribution in [0.25, 0.3) is 0 Å². The molecule has 5 atom stereocenters. The zero-order chi connectivity index (χ0) is 13.0. The molecule has 0 aromatic heterocycles. The Labute approximate surface area is 110 Å². The molecule has 3 nitrogen and oxygen atoms in total. The maximum absolute atomic E-state index is 9.81. The minimum Gasteiger partial charge on any atom is -0.391 e. The second-order valence-electron chi connectivity index (χ2n) is 5.28. The van der Waals surface area contributed by atoms with E-state index >= 15 is 0 Å². The molecule has 5 unspecified atom stereocenters. The van der Waals surface area contributed by atoms with Crippen molar-refractivity contribution in [1.29, 1.82) is 0 Å². The number of aliphatic hydroxyl groups excluding tert-OH is 1. The van der Waals surface area contributed by atoms with Crippen LogP contribution in [0.15, 0.2) is 12.2 Å². The lowest BCUT2D eigenvalue weighted by Gasteiger charge is -2.28. The maximum Gasteiger partial charge on any atom is 0.0910 e. The molecular formula is C15H23O3. The van der Waals surface area contributed by atoms with Crippen molar-refractivity contribution in [3.63, 3.8) is 0 Å². The Kier molecular flexibility index (Phi) is 5.22. The highest BCUT2D eigenvalue weighted by Gasteiger charge is 2.46. The molecule has 0 heterocycles. The quantitative estimate of drug-likeness (QED) is 0.673. The third-order valence-corrected chi connectivity index (χ3v) is 3.93. The van der Waals surface area contributed by atoms with Gasteiger partial charge in [-0.3, -0.25) is 0 Å². The third-order valence-electron chi connectivity index (χ3n) is 3.93. The predicted molar refractivity (Wildman–Crippen MR) is 69.5 cm³/mol. The van der Waals surface area contributed by atoms with E-state index < -0.39 is 0 Å². The molecule has 2 rings (SSSR count). The van der Waals surface area contributed by atoms with Crippen LogP contribution in [-0.2, 0) is 9.47 Å². The van der Waals surface area contributed by atoms with Crippen LogP contribution >= 0.6 is 0 Å². The normalized spacial score (nSPS) is 35.3. The molecule has 2 aliphatic carbocycles. The summed E-state index contributed by atoms with van der Waals surface area (Å²) in [5.41, 5.74) is 0. The fraction of sp³-hybridized carbons (Fsp3) is 0.733. The van der Waals surface area contributed by atoms with Gasteiger partial charge in [0.05, 0.1) is 31.5 Å². The van der Waals surface area contributed by atoms with E-state index in [-0.39, 0.29) is 18.3 Å². The van der Waals surface area contributed by atoms with Crippen LogP contribution in [0.3, 0.4) is 0 Å². The summed E-state index contributed by atoms with van der Waals surface area (Å²) >= 11 is 0. The van der Waals surface area contributed by atoms with Gasteiger partial charge in [-0.15, -0.1) is 0 Å². The molecule has 0 saturated heterocycles. The van der Waals surface area contributed by atoms with Crippen molar-refractivity contribution in [2.45, 2.75) is 50.9 Å². The number of ether oxygens (including phenoxy) is 2. The number of unbranched alkanes of at least 4 members (excludes halogenated alkanes) is 1. The largest absolute Gasteiger partial charge is 0.391 e. The molecule has 0 aliphatic heterocycles. The molecule has 3 heteroatoms. The maximum atomic E-state index is 9.81. The van der Waals surface area contributed by atoms with Crippen molar-refractivity contribution < 1.29 is 14.6 Å². The van der Waals surface area contributed by atoms with Gasteiger partial charge in [0.25, 0.3) is 0 Å². The van der Waals surface area contributed by atoms with E-state index in [9.17, 15) is 5.11 Å². The summed E-state index contributed by atoms with van der Waals surface area (Å²) in [6, 6.07) is 0. The number of aliphatic hydroxyl groups is 1. The molecule has 2 bridgehead atoms. The lowest BCUT2D eigenvalue weighted by atomic mass is 10.0. The first-order chi connectivity index (χ1) is 8.76. The van der Waals surface area contributed by atoms with Crippen molar-refractivity contribution in [3.8, 4) is 0 Å². The minimum atomic E-state index is -0.365. The van der Waals surface area contributed by atoms with Crippen molar-refractivity contribution >= 4 is 0 Å². The number of rotatable bonds is 8. The first-order valence-corrected chi connectivity index (χ1v) is 6.93. The number of hydrogen-bond acceptors (Lipinski definition) is 3. The summed E-state index contributed by atoms with van der Waals surface area (Å²) in [6.45, 7) is 9.12. The Balaban J connectivity index is 1.79. The van der Waals surface area contributed by atoms with Crippen LogP contribution in [0.1, 0.15) is 32.6 Å². The Morgan fingerprint density at radius 3 is 2.78 bits per heavy atom. The van der Waals surface area contributed by atoms with Crippen LogP contribution in [0.5, 0.6) is 0 Å².